The first kappa shape index (κ1) is 23.6. The monoisotopic (exact) mass is 481 g/mol. The fourth-order valence-electron chi connectivity index (χ4n) is 5.11. The number of hydrogen-bond donors (Lipinski definition) is 1. The molecule has 2 aromatic carbocycles. The average molecular weight is 482 g/mol. The number of rotatable bonds is 5. The highest BCUT2D eigenvalue weighted by Gasteiger charge is 2.54. The number of methoxy groups -OCH3 is 1. The van der Waals surface area contributed by atoms with Crippen molar-refractivity contribution in [2.45, 2.75) is 24.4 Å². The van der Waals surface area contributed by atoms with Gasteiger partial charge in [0.1, 0.15) is 5.75 Å². The summed E-state index contributed by atoms with van der Waals surface area (Å²) in [6, 6.07) is 18.7. The van der Waals surface area contributed by atoms with Gasteiger partial charge in [0.2, 0.25) is 11.8 Å². The number of nitrogens with zero attached hydrogens (tertiary/aromatic N) is 3. The Morgan fingerprint density at radius 1 is 1.11 bits per heavy atom. The molecular formula is C29H27N3O4. The third-order valence-corrected chi connectivity index (χ3v) is 6.90. The molecule has 2 fully saturated rings. The molecule has 2 aliphatic heterocycles. The van der Waals surface area contributed by atoms with Crippen LogP contribution in [-0.4, -0.2) is 70.6 Å². The molecule has 0 spiro atoms. The lowest BCUT2D eigenvalue weighted by molar-refractivity contribution is -0.166. The van der Waals surface area contributed by atoms with Gasteiger partial charge in [-0.15, -0.1) is 0 Å². The number of aliphatic hydroxyl groups is 1. The van der Waals surface area contributed by atoms with Crippen LogP contribution < -0.4 is 4.74 Å². The minimum absolute atomic E-state index is 0.0393. The number of amides is 2. The van der Waals surface area contributed by atoms with Crippen LogP contribution in [-0.2, 0) is 16.0 Å². The first-order valence-corrected chi connectivity index (χ1v) is 11.9. The number of benzene rings is 2. The van der Waals surface area contributed by atoms with E-state index in [4.69, 9.17) is 4.74 Å². The van der Waals surface area contributed by atoms with Crippen molar-refractivity contribution < 1.29 is 19.4 Å². The molecule has 7 nitrogen and oxygen atoms in total. The second-order valence-electron chi connectivity index (χ2n) is 9.06. The highest BCUT2D eigenvalue weighted by molar-refractivity contribution is 5.88. The number of ether oxygens (including phenoxy) is 1. The molecule has 182 valence electrons. The Morgan fingerprint density at radius 3 is 2.64 bits per heavy atom. The number of carbonyl (C=O) groups excluding carboxylic acids is 2. The summed E-state index contributed by atoms with van der Waals surface area (Å²) < 4.78 is 5.25. The minimum Gasteiger partial charge on any atom is -0.497 e. The van der Waals surface area contributed by atoms with Crippen LogP contribution in [0.25, 0.3) is 0 Å². The number of carbonyl (C=O) groups is 2. The molecule has 5 rings (SSSR count). The zero-order chi connectivity index (χ0) is 25.1. The molecular weight excluding hydrogens is 454 g/mol. The molecule has 0 bridgehead atoms. The molecule has 2 saturated heterocycles. The van der Waals surface area contributed by atoms with Crippen molar-refractivity contribution in [3.05, 3.63) is 95.3 Å². The standard InChI is InChI=1S/C29H27N3O4/c1-36-24-6-2-4-21(14-24)8-7-20-9-11-23(12-10-20)29-25-17-31(18-28(35)32(25)26(29)19-33)27(34)15-22-5-3-13-30-16-22/h2-6,9-14,16,25-26,29,33H,15,17-19H2,1H3/t25-,26-,29+/m0/s1. The highest BCUT2D eigenvalue weighted by atomic mass is 16.5. The summed E-state index contributed by atoms with van der Waals surface area (Å²) in [4.78, 5) is 33.2. The number of hydrogen-bond acceptors (Lipinski definition) is 5. The lowest BCUT2D eigenvalue weighted by Gasteiger charge is -2.58. The van der Waals surface area contributed by atoms with Crippen LogP contribution in [0.15, 0.2) is 73.1 Å². The van der Waals surface area contributed by atoms with Gasteiger partial charge in [-0.25, -0.2) is 0 Å². The number of aromatic nitrogens is 1. The Hall–Kier alpha value is -4.15. The molecule has 0 saturated carbocycles. The van der Waals surface area contributed by atoms with Crippen molar-refractivity contribution in [2.75, 3.05) is 26.8 Å². The maximum Gasteiger partial charge on any atom is 0.242 e. The van der Waals surface area contributed by atoms with Gasteiger partial charge < -0.3 is 19.6 Å². The fourth-order valence-corrected chi connectivity index (χ4v) is 5.11. The largest absolute Gasteiger partial charge is 0.497 e. The summed E-state index contributed by atoms with van der Waals surface area (Å²) in [5.74, 6) is 6.82. The van der Waals surface area contributed by atoms with E-state index in [-0.39, 0.29) is 49.4 Å². The maximum atomic E-state index is 12.9. The highest BCUT2D eigenvalue weighted by Crippen LogP contribution is 2.43. The van der Waals surface area contributed by atoms with E-state index >= 15 is 0 Å². The number of piperazine rings is 1. The van der Waals surface area contributed by atoms with Crippen LogP contribution in [0.1, 0.15) is 28.2 Å². The summed E-state index contributed by atoms with van der Waals surface area (Å²) >= 11 is 0. The number of aliphatic hydroxyl groups excluding tert-OH is 1. The van der Waals surface area contributed by atoms with Crippen LogP contribution in [0.5, 0.6) is 5.75 Å². The Labute approximate surface area is 210 Å². The predicted molar refractivity (Wildman–Crippen MR) is 134 cm³/mol. The molecule has 3 aromatic rings. The van der Waals surface area contributed by atoms with Gasteiger partial charge in [-0.2, -0.15) is 0 Å². The first-order valence-electron chi connectivity index (χ1n) is 11.9. The van der Waals surface area contributed by atoms with E-state index in [0.29, 0.717) is 6.54 Å². The molecule has 2 amide bonds. The summed E-state index contributed by atoms with van der Waals surface area (Å²) in [7, 11) is 1.63. The zero-order valence-electron chi connectivity index (χ0n) is 20.0. The summed E-state index contributed by atoms with van der Waals surface area (Å²) in [6.45, 7) is 0.370. The van der Waals surface area contributed by atoms with Gasteiger partial charge in [0.25, 0.3) is 0 Å². The van der Waals surface area contributed by atoms with Gasteiger partial charge in [-0.05, 0) is 47.5 Å². The SMILES string of the molecule is COc1cccc(C#Cc2ccc([C@H]3[C@H](CO)N4C(=O)CN(C(=O)Cc5cccnc5)C[C@@H]34)cc2)c1. The van der Waals surface area contributed by atoms with Crippen molar-refractivity contribution >= 4 is 11.8 Å². The summed E-state index contributed by atoms with van der Waals surface area (Å²) in [5.41, 5.74) is 3.58. The topological polar surface area (TPSA) is 83.0 Å². The third kappa shape index (κ3) is 4.68. The van der Waals surface area contributed by atoms with Crippen molar-refractivity contribution in [1.82, 2.24) is 14.8 Å². The van der Waals surface area contributed by atoms with Crippen LogP contribution >= 0.6 is 0 Å². The van der Waals surface area contributed by atoms with E-state index in [1.165, 1.54) is 0 Å². The Bertz CT molecular complexity index is 1310. The van der Waals surface area contributed by atoms with E-state index in [9.17, 15) is 14.7 Å². The minimum atomic E-state index is -0.285. The molecule has 0 aliphatic carbocycles. The normalized spacial score (nSPS) is 20.6. The van der Waals surface area contributed by atoms with Gasteiger partial charge in [0, 0.05) is 36.0 Å². The average Bonchev–Trinajstić information content (AvgIpc) is 2.90. The third-order valence-electron chi connectivity index (χ3n) is 6.90. The first-order chi connectivity index (χ1) is 17.6. The maximum absolute atomic E-state index is 12.9. The van der Waals surface area contributed by atoms with E-state index in [1.54, 1.807) is 35.4 Å². The molecule has 0 radical (unpaired) electrons. The molecule has 7 heteroatoms. The van der Waals surface area contributed by atoms with E-state index in [1.807, 2.05) is 54.6 Å². The molecule has 3 atom stereocenters. The van der Waals surface area contributed by atoms with Crippen molar-refractivity contribution in [3.8, 4) is 17.6 Å². The fraction of sp³-hybridized carbons (Fsp3) is 0.276. The van der Waals surface area contributed by atoms with Gasteiger partial charge >= 0.3 is 0 Å². The molecule has 1 N–H and O–H groups in total. The molecule has 1 aromatic heterocycles. The molecule has 2 aliphatic rings. The molecule has 3 heterocycles. The van der Waals surface area contributed by atoms with Gasteiger partial charge in [-0.3, -0.25) is 14.6 Å². The number of pyridine rings is 1. The van der Waals surface area contributed by atoms with Gasteiger partial charge in [0.05, 0.1) is 38.8 Å². The van der Waals surface area contributed by atoms with E-state index < -0.39 is 0 Å². The second kappa shape index (κ2) is 10.2. The predicted octanol–water partition coefficient (Wildman–Crippen LogP) is 2.23. The van der Waals surface area contributed by atoms with Crippen molar-refractivity contribution in [3.63, 3.8) is 0 Å². The second-order valence-corrected chi connectivity index (χ2v) is 9.06. The Kier molecular flexibility index (Phi) is 6.70. The van der Waals surface area contributed by atoms with Crippen LogP contribution in [0, 0.1) is 11.8 Å². The van der Waals surface area contributed by atoms with Crippen molar-refractivity contribution in [1.29, 1.82) is 0 Å². The Balaban J connectivity index is 1.30. The van der Waals surface area contributed by atoms with Crippen molar-refractivity contribution in [2.24, 2.45) is 0 Å². The number of fused-ring (bicyclic) bond motifs is 1. The molecule has 36 heavy (non-hydrogen) atoms. The molecule has 0 unspecified atom stereocenters. The van der Waals surface area contributed by atoms with Gasteiger partial charge in [0.15, 0.2) is 0 Å². The van der Waals surface area contributed by atoms with Crippen LogP contribution in [0.3, 0.4) is 0 Å². The van der Waals surface area contributed by atoms with Gasteiger partial charge in [-0.1, -0.05) is 36.1 Å². The lowest BCUT2D eigenvalue weighted by Crippen LogP contribution is -2.73. The smallest absolute Gasteiger partial charge is 0.242 e. The quantitative estimate of drug-likeness (QED) is 0.565. The summed E-state index contributed by atoms with van der Waals surface area (Å²) in [6.07, 6.45) is 3.55. The summed E-state index contributed by atoms with van der Waals surface area (Å²) in [5, 5.41) is 10.0. The Morgan fingerprint density at radius 2 is 1.92 bits per heavy atom. The van der Waals surface area contributed by atoms with Crippen LogP contribution in [0.4, 0.5) is 0 Å². The van der Waals surface area contributed by atoms with Crippen LogP contribution in [0.2, 0.25) is 0 Å². The lowest BCUT2D eigenvalue weighted by atomic mass is 9.73. The van der Waals surface area contributed by atoms with E-state index in [0.717, 1.165) is 28.0 Å². The zero-order valence-corrected chi connectivity index (χ0v) is 20.0. The van der Waals surface area contributed by atoms with E-state index in [2.05, 4.69) is 16.8 Å².